The molecule has 0 aliphatic heterocycles. The van der Waals surface area contributed by atoms with E-state index in [9.17, 15) is 18.3 Å². The molecule has 0 saturated carbocycles. The molecule has 6 heteroatoms. The molecule has 1 N–H and O–H groups in total. The average Bonchev–Trinajstić information content (AvgIpc) is 2.53. The predicted octanol–water partition coefficient (Wildman–Crippen LogP) is 3.56. The van der Waals surface area contributed by atoms with E-state index in [0.717, 1.165) is 5.69 Å². The minimum Gasteiger partial charge on any atom is -0.497 e. The number of methoxy groups -OCH3 is 1. The van der Waals surface area contributed by atoms with Gasteiger partial charge in [-0.1, -0.05) is 24.3 Å². The van der Waals surface area contributed by atoms with Crippen LogP contribution < -0.4 is 9.64 Å². The lowest BCUT2D eigenvalue weighted by atomic mass is 9.85. The van der Waals surface area contributed by atoms with E-state index < -0.39 is 11.8 Å². The van der Waals surface area contributed by atoms with Gasteiger partial charge in [-0.15, -0.1) is 0 Å². The van der Waals surface area contributed by atoms with Gasteiger partial charge in [0.25, 0.3) is 0 Å². The number of alkyl halides is 3. The van der Waals surface area contributed by atoms with Crippen LogP contribution in [0.2, 0.25) is 0 Å². The van der Waals surface area contributed by atoms with Gasteiger partial charge in [0.05, 0.1) is 7.11 Å². The Balaban J connectivity index is 2.54. The summed E-state index contributed by atoms with van der Waals surface area (Å²) in [5, 5.41) is 10.5. The highest BCUT2D eigenvalue weighted by Gasteiger charge is 2.56. The van der Waals surface area contributed by atoms with Crippen LogP contribution in [0.5, 0.6) is 5.75 Å². The summed E-state index contributed by atoms with van der Waals surface area (Å²) in [5.41, 5.74) is -2.83. The number of anilines is 1. The first-order valence-corrected chi connectivity index (χ1v) is 6.91. The van der Waals surface area contributed by atoms with Crippen LogP contribution in [0.1, 0.15) is 11.1 Å². The van der Waals surface area contributed by atoms with Crippen molar-refractivity contribution in [1.82, 2.24) is 0 Å². The summed E-state index contributed by atoms with van der Waals surface area (Å²) in [7, 11) is 4.99. The molecule has 0 aliphatic carbocycles. The van der Waals surface area contributed by atoms with Gasteiger partial charge in [-0.3, -0.25) is 0 Å². The molecule has 2 aromatic rings. The van der Waals surface area contributed by atoms with Crippen LogP contribution in [0.3, 0.4) is 0 Å². The summed E-state index contributed by atoms with van der Waals surface area (Å²) in [6.07, 6.45) is -4.86. The molecule has 0 amide bonds. The normalized spacial score (nSPS) is 14.2. The number of benzene rings is 2. The van der Waals surface area contributed by atoms with Gasteiger partial charge >= 0.3 is 6.18 Å². The van der Waals surface area contributed by atoms with Gasteiger partial charge in [-0.25, -0.2) is 0 Å². The van der Waals surface area contributed by atoms with Crippen molar-refractivity contribution in [2.75, 3.05) is 26.1 Å². The quantitative estimate of drug-likeness (QED) is 0.933. The van der Waals surface area contributed by atoms with Crippen molar-refractivity contribution in [2.24, 2.45) is 0 Å². The van der Waals surface area contributed by atoms with Gasteiger partial charge in [0.1, 0.15) is 5.75 Å². The molecule has 3 nitrogen and oxygen atoms in total. The Bertz CT molecular complexity index is 651. The number of aliphatic hydroxyl groups is 1. The minimum absolute atomic E-state index is 0.235. The van der Waals surface area contributed by atoms with Crippen molar-refractivity contribution in [3.05, 3.63) is 59.7 Å². The molecule has 0 spiro atoms. The monoisotopic (exact) mass is 325 g/mol. The van der Waals surface area contributed by atoms with Crippen molar-refractivity contribution in [3.8, 4) is 5.75 Å². The van der Waals surface area contributed by atoms with Crippen LogP contribution in [0.25, 0.3) is 0 Å². The fraction of sp³-hybridized carbons (Fsp3) is 0.294. The summed E-state index contributed by atoms with van der Waals surface area (Å²) in [6, 6.07) is 10.9. The topological polar surface area (TPSA) is 32.7 Å². The average molecular weight is 325 g/mol. The highest BCUT2D eigenvalue weighted by Crippen LogP contribution is 2.44. The first-order chi connectivity index (χ1) is 10.7. The minimum atomic E-state index is -4.86. The highest BCUT2D eigenvalue weighted by molar-refractivity contribution is 5.49. The number of rotatable bonds is 4. The Morgan fingerprint density at radius 1 is 0.870 bits per heavy atom. The predicted molar refractivity (Wildman–Crippen MR) is 82.8 cm³/mol. The first kappa shape index (κ1) is 17.1. The molecule has 1 atom stereocenters. The summed E-state index contributed by atoms with van der Waals surface area (Å²) < 4.78 is 45.8. The van der Waals surface area contributed by atoms with Crippen LogP contribution in [0.15, 0.2) is 48.5 Å². The molecule has 2 aromatic carbocycles. The molecule has 0 heterocycles. The Hall–Kier alpha value is -2.21. The van der Waals surface area contributed by atoms with E-state index in [2.05, 4.69) is 0 Å². The molecule has 23 heavy (non-hydrogen) atoms. The number of hydrogen-bond donors (Lipinski definition) is 1. The third-order valence-electron chi connectivity index (χ3n) is 3.72. The third kappa shape index (κ3) is 3.12. The number of halogens is 3. The van der Waals surface area contributed by atoms with Gasteiger partial charge in [0.2, 0.25) is 5.60 Å². The number of hydrogen-bond acceptors (Lipinski definition) is 3. The molecule has 0 fully saturated rings. The molecule has 2 rings (SSSR count). The molecule has 0 aromatic heterocycles. The molecule has 0 saturated heterocycles. The van der Waals surface area contributed by atoms with E-state index in [-0.39, 0.29) is 11.1 Å². The Labute approximate surface area is 132 Å². The Kier molecular flexibility index (Phi) is 4.56. The Morgan fingerprint density at radius 3 is 1.65 bits per heavy atom. The largest absolute Gasteiger partial charge is 0.497 e. The maximum atomic E-state index is 13.6. The maximum Gasteiger partial charge on any atom is 0.425 e. The van der Waals surface area contributed by atoms with Gasteiger partial charge < -0.3 is 14.7 Å². The highest BCUT2D eigenvalue weighted by atomic mass is 19.4. The first-order valence-electron chi connectivity index (χ1n) is 6.91. The SMILES string of the molecule is COc1ccc(C(O)(c2ccc(N(C)C)cc2)C(F)(F)F)cc1. The summed E-state index contributed by atoms with van der Waals surface area (Å²) >= 11 is 0. The van der Waals surface area contributed by atoms with Gasteiger partial charge in [-0.05, 0) is 35.4 Å². The fourth-order valence-corrected chi connectivity index (χ4v) is 2.33. The lowest BCUT2D eigenvalue weighted by Crippen LogP contribution is -2.43. The van der Waals surface area contributed by atoms with Crippen molar-refractivity contribution in [2.45, 2.75) is 11.8 Å². The molecule has 1 unspecified atom stereocenters. The van der Waals surface area contributed by atoms with Crippen LogP contribution in [-0.2, 0) is 5.60 Å². The van der Waals surface area contributed by atoms with Gasteiger partial charge in [0, 0.05) is 19.8 Å². The smallest absolute Gasteiger partial charge is 0.425 e. The van der Waals surface area contributed by atoms with E-state index in [1.807, 2.05) is 0 Å². The zero-order chi connectivity index (χ0) is 17.3. The number of ether oxygens (including phenoxy) is 1. The van der Waals surface area contributed by atoms with E-state index in [1.165, 1.54) is 55.6 Å². The third-order valence-corrected chi connectivity index (χ3v) is 3.72. The van der Waals surface area contributed by atoms with Crippen molar-refractivity contribution < 1.29 is 23.0 Å². The van der Waals surface area contributed by atoms with Crippen molar-refractivity contribution in [1.29, 1.82) is 0 Å². The van der Waals surface area contributed by atoms with Crippen LogP contribution in [-0.4, -0.2) is 32.5 Å². The molecule has 0 bridgehead atoms. The standard InChI is InChI=1S/C17H18F3NO2/c1-21(2)14-8-4-12(5-9-14)16(22,17(18,19)20)13-6-10-15(23-3)11-7-13/h4-11,22H,1-3H3. The zero-order valence-electron chi connectivity index (χ0n) is 13.1. The second kappa shape index (κ2) is 6.12. The Morgan fingerprint density at radius 2 is 1.30 bits per heavy atom. The van der Waals surface area contributed by atoms with Crippen LogP contribution in [0.4, 0.5) is 18.9 Å². The summed E-state index contributed by atoms with van der Waals surface area (Å²) in [4.78, 5) is 1.77. The zero-order valence-corrected chi connectivity index (χ0v) is 13.1. The number of nitrogens with zero attached hydrogens (tertiary/aromatic N) is 1. The van der Waals surface area contributed by atoms with Crippen molar-refractivity contribution in [3.63, 3.8) is 0 Å². The van der Waals surface area contributed by atoms with E-state index >= 15 is 0 Å². The molecular weight excluding hydrogens is 307 g/mol. The van der Waals surface area contributed by atoms with Crippen LogP contribution >= 0.6 is 0 Å². The van der Waals surface area contributed by atoms with Crippen LogP contribution in [0, 0.1) is 0 Å². The van der Waals surface area contributed by atoms with E-state index in [0.29, 0.717) is 5.75 Å². The molecular formula is C17H18F3NO2. The molecule has 0 aliphatic rings. The van der Waals surface area contributed by atoms with Gasteiger partial charge in [-0.2, -0.15) is 13.2 Å². The summed E-state index contributed by atoms with van der Waals surface area (Å²) in [6.45, 7) is 0. The molecule has 124 valence electrons. The maximum absolute atomic E-state index is 13.6. The fourth-order valence-electron chi connectivity index (χ4n) is 2.33. The second-order valence-electron chi connectivity index (χ2n) is 5.38. The van der Waals surface area contributed by atoms with E-state index in [1.54, 1.807) is 19.0 Å². The second-order valence-corrected chi connectivity index (χ2v) is 5.38. The lowest BCUT2D eigenvalue weighted by molar-refractivity contribution is -0.248. The van der Waals surface area contributed by atoms with Gasteiger partial charge in [0.15, 0.2) is 0 Å². The van der Waals surface area contributed by atoms with E-state index in [4.69, 9.17) is 4.74 Å². The summed E-state index contributed by atoms with van der Waals surface area (Å²) in [5.74, 6) is 0.418. The molecule has 0 radical (unpaired) electrons. The van der Waals surface area contributed by atoms with Crippen molar-refractivity contribution >= 4 is 5.69 Å². The lowest BCUT2D eigenvalue weighted by Gasteiger charge is -2.32.